The first-order valence-electron chi connectivity index (χ1n) is 6.53. The molecule has 19 heavy (non-hydrogen) atoms. The molecule has 0 aliphatic carbocycles. The van der Waals surface area contributed by atoms with Crippen LogP contribution in [0.2, 0.25) is 0 Å². The number of nitrogen functional groups attached to an aromatic ring is 1. The van der Waals surface area contributed by atoms with Crippen LogP contribution in [0, 0.1) is 0 Å². The quantitative estimate of drug-likeness (QED) is 0.819. The number of nitrogens with two attached hydrogens (primary N) is 1. The Morgan fingerprint density at radius 1 is 1.05 bits per heavy atom. The van der Waals surface area contributed by atoms with Gasteiger partial charge in [0, 0.05) is 25.5 Å². The zero-order valence-corrected chi connectivity index (χ0v) is 11.8. The van der Waals surface area contributed by atoms with Crippen molar-refractivity contribution < 1.29 is 0 Å². The maximum Gasteiger partial charge on any atom is 0.0620 e. The van der Waals surface area contributed by atoms with Crippen molar-refractivity contribution in [2.24, 2.45) is 0 Å². The van der Waals surface area contributed by atoms with Crippen molar-refractivity contribution in [2.75, 3.05) is 30.0 Å². The van der Waals surface area contributed by atoms with Gasteiger partial charge in [-0.3, -0.25) is 0 Å². The van der Waals surface area contributed by atoms with Gasteiger partial charge >= 0.3 is 0 Å². The molecule has 100 valence electrons. The lowest BCUT2D eigenvalue weighted by molar-refractivity contribution is 1.13. The molecule has 0 saturated heterocycles. The predicted octanol–water partition coefficient (Wildman–Crippen LogP) is 3.64. The normalized spacial score (nSPS) is 10.3. The Kier molecular flexibility index (Phi) is 3.95. The van der Waals surface area contributed by atoms with Crippen LogP contribution in [0.5, 0.6) is 0 Å². The molecule has 2 aromatic rings. The highest BCUT2D eigenvalue weighted by Gasteiger charge is 2.02. The second kappa shape index (κ2) is 5.65. The van der Waals surface area contributed by atoms with Crippen LogP contribution in [0.15, 0.2) is 42.5 Å². The van der Waals surface area contributed by atoms with Crippen molar-refractivity contribution in [3.63, 3.8) is 0 Å². The zero-order chi connectivity index (χ0) is 13.8. The van der Waals surface area contributed by atoms with Crippen molar-refractivity contribution in [3.05, 3.63) is 48.0 Å². The molecule has 0 saturated carbocycles. The molecule has 0 unspecified atom stereocenters. The third-order valence-corrected chi connectivity index (χ3v) is 3.19. The average molecular weight is 255 g/mol. The van der Waals surface area contributed by atoms with Crippen molar-refractivity contribution in [1.29, 1.82) is 0 Å². The summed E-state index contributed by atoms with van der Waals surface area (Å²) in [6.45, 7) is 2.14. The lowest BCUT2D eigenvalue weighted by atomic mass is 10.1. The summed E-state index contributed by atoms with van der Waals surface area (Å²) in [5, 5.41) is 3.37. The Balaban J connectivity index is 2.20. The number of aryl methyl sites for hydroxylation is 1. The maximum atomic E-state index is 6.00. The van der Waals surface area contributed by atoms with Crippen LogP contribution in [0.1, 0.15) is 12.5 Å². The highest BCUT2D eigenvalue weighted by Crippen LogP contribution is 2.25. The van der Waals surface area contributed by atoms with E-state index in [0.717, 1.165) is 23.5 Å². The van der Waals surface area contributed by atoms with Crippen LogP contribution in [-0.2, 0) is 6.42 Å². The van der Waals surface area contributed by atoms with Gasteiger partial charge in [-0.2, -0.15) is 0 Å². The zero-order valence-electron chi connectivity index (χ0n) is 11.8. The average Bonchev–Trinajstić information content (AvgIpc) is 2.42. The van der Waals surface area contributed by atoms with Gasteiger partial charge in [-0.15, -0.1) is 0 Å². The summed E-state index contributed by atoms with van der Waals surface area (Å²) in [6, 6.07) is 14.4. The second-order valence-electron chi connectivity index (χ2n) is 4.84. The minimum Gasteiger partial charge on any atom is -0.397 e. The number of anilines is 4. The largest absolute Gasteiger partial charge is 0.397 e. The number of nitrogens with zero attached hydrogens (tertiary/aromatic N) is 1. The number of hydrogen-bond donors (Lipinski definition) is 2. The van der Waals surface area contributed by atoms with E-state index < -0.39 is 0 Å². The van der Waals surface area contributed by atoms with E-state index in [1.807, 2.05) is 20.2 Å². The molecule has 2 rings (SSSR count). The molecule has 0 fully saturated rings. The van der Waals surface area contributed by atoms with Gasteiger partial charge in [-0.05, 0) is 48.4 Å². The molecule has 0 aliphatic heterocycles. The molecule has 0 heterocycles. The Labute approximate surface area is 115 Å². The van der Waals surface area contributed by atoms with Crippen molar-refractivity contribution >= 4 is 22.7 Å². The number of benzene rings is 2. The van der Waals surface area contributed by atoms with Gasteiger partial charge in [0.2, 0.25) is 0 Å². The summed E-state index contributed by atoms with van der Waals surface area (Å²) in [7, 11) is 4.07. The summed E-state index contributed by atoms with van der Waals surface area (Å²) < 4.78 is 0. The van der Waals surface area contributed by atoms with Crippen LogP contribution in [0.3, 0.4) is 0 Å². The van der Waals surface area contributed by atoms with E-state index in [1.54, 1.807) is 0 Å². The lowest BCUT2D eigenvalue weighted by Gasteiger charge is -2.14. The SMILES string of the molecule is CCc1ccc(N)c(Nc2ccc(N(C)C)cc2)c1. The van der Waals surface area contributed by atoms with Gasteiger partial charge < -0.3 is 16.0 Å². The summed E-state index contributed by atoms with van der Waals surface area (Å²) in [4.78, 5) is 2.08. The molecule has 0 radical (unpaired) electrons. The molecule has 0 amide bonds. The Morgan fingerprint density at radius 2 is 1.74 bits per heavy atom. The van der Waals surface area contributed by atoms with Crippen molar-refractivity contribution in [1.82, 2.24) is 0 Å². The molecule has 0 spiro atoms. The first-order chi connectivity index (χ1) is 9.10. The van der Waals surface area contributed by atoms with Gasteiger partial charge in [0.15, 0.2) is 0 Å². The van der Waals surface area contributed by atoms with E-state index >= 15 is 0 Å². The highest BCUT2D eigenvalue weighted by molar-refractivity contribution is 5.73. The third kappa shape index (κ3) is 3.19. The minimum atomic E-state index is 0.772. The molecule has 0 atom stereocenters. The Morgan fingerprint density at radius 3 is 2.32 bits per heavy atom. The van der Waals surface area contributed by atoms with E-state index in [1.165, 1.54) is 11.3 Å². The molecule has 0 aliphatic rings. The third-order valence-electron chi connectivity index (χ3n) is 3.19. The molecule has 0 bridgehead atoms. The first-order valence-corrected chi connectivity index (χ1v) is 6.53. The number of hydrogen-bond acceptors (Lipinski definition) is 3. The minimum absolute atomic E-state index is 0.772. The maximum absolute atomic E-state index is 6.00. The van der Waals surface area contributed by atoms with Gasteiger partial charge in [0.1, 0.15) is 0 Å². The number of nitrogens with one attached hydrogen (secondary N) is 1. The Bertz CT molecular complexity index is 544. The van der Waals surface area contributed by atoms with Crippen LogP contribution in [-0.4, -0.2) is 14.1 Å². The standard InChI is InChI=1S/C16H21N3/c1-4-12-5-10-15(17)16(11-12)18-13-6-8-14(9-7-13)19(2)3/h5-11,18H,4,17H2,1-3H3. The molecule has 3 heteroatoms. The Hall–Kier alpha value is -2.16. The van der Waals surface area contributed by atoms with Crippen LogP contribution < -0.4 is 16.0 Å². The molecular formula is C16H21N3. The predicted molar refractivity (Wildman–Crippen MR) is 84.3 cm³/mol. The first kappa shape index (κ1) is 13.3. The van der Waals surface area contributed by atoms with Crippen LogP contribution >= 0.6 is 0 Å². The molecule has 2 aromatic carbocycles. The molecule has 3 N–H and O–H groups in total. The fraction of sp³-hybridized carbons (Fsp3) is 0.250. The van der Waals surface area contributed by atoms with Gasteiger partial charge in [-0.25, -0.2) is 0 Å². The monoisotopic (exact) mass is 255 g/mol. The molecular weight excluding hydrogens is 234 g/mol. The van der Waals surface area contributed by atoms with E-state index in [2.05, 4.69) is 53.5 Å². The summed E-state index contributed by atoms with van der Waals surface area (Å²) in [5.41, 5.74) is 11.2. The van der Waals surface area contributed by atoms with Crippen LogP contribution in [0.4, 0.5) is 22.7 Å². The topological polar surface area (TPSA) is 41.3 Å². The van der Waals surface area contributed by atoms with Gasteiger partial charge in [0.25, 0.3) is 0 Å². The van der Waals surface area contributed by atoms with Crippen molar-refractivity contribution in [2.45, 2.75) is 13.3 Å². The summed E-state index contributed by atoms with van der Waals surface area (Å²) >= 11 is 0. The van der Waals surface area contributed by atoms with E-state index in [0.29, 0.717) is 0 Å². The molecule has 0 aromatic heterocycles. The fourth-order valence-corrected chi connectivity index (χ4v) is 1.93. The van der Waals surface area contributed by atoms with Crippen molar-refractivity contribution in [3.8, 4) is 0 Å². The highest BCUT2D eigenvalue weighted by atomic mass is 15.1. The van der Waals surface area contributed by atoms with E-state index in [4.69, 9.17) is 5.73 Å². The van der Waals surface area contributed by atoms with Gasteiger partial charge in [-0.1, -0.05) is 13.0 Å². The fourth-order valence-electron chi connectivity index (χ4n) is 1.93. The molecule has 3 nitrogen and oxygen atoms in total. The van der Waals surface area contributed by atoms with E-state index in [9.17, 15) is 0 Å². The summed E-state index contributed by atoms with van der Waals surface area (Å²) in [5.74, 6) is 0. The number of rotatable bonds is 4. The smallest absolute Gasteiger partial charge is 0.0620 e. The van der Waals surface area contributed by atoms with E-state index in [-0.39, 0.29) is 0 Å². The summed E-state index contributed by atoms with van der Waals surface area (Å²) in [6.07, 6.45) is 1.01. The second-order valence-corrected chi connectivity index (χ2v) is 4.84. The lowest BCUT2D eigenvalue weighted by Crippen LogP contribution is -2.08. The van der Waals surface area contributed by atoms with Gasteiger partial charge in [0.05, 0.1) is 11.4 Å². The van der Waals surface area contributed by atoms with Crippen LogP contribution in [0.25, 0.3) is 0 Å².